The fraction of sp³-hybridized carbons (Fsp3) is 0.286. The first-order valence-corrected chi connectivity index (χ1v) is 14.5. The van der Waals surface area contributed by atoms with Crippen molar-refractivity contribution in [1.29, 1.82) is 0 Å². The van der Waals surface area contributed by atoms with E-state index in [1.54, 1.807) is 73.7 Å². The van der Waals surface area contributed by atoms with Crippen molar-refractivity contribution in [2.45, 2.75) is 44.2 Å². The lowest BCUT2D eigenvalue weighted by Crippen LogP contribution is -2.52. The summed E-state index contributed by atoms with van der Waals surface area (Å²) in [5, 5.41) is 3.73. The van der Waals surface area contributed by atoms with Crippen LogP contribution in [0.2, 0.25) is 10.0 Å². The number of hydrogen-bond acceptors (Lipinski definition) is 4. The molecule has 0 saturated heterocycles. The standard InChI is InChI=1S/C28H31Cl2N3O4S/c1-3-18-31-28(35)26(4-2)32(19-21-10-8-9-13-25(21)30)27(34)20-33(23-16-14-22(29)15-17-23)38(36,37)24-11-6-5-7-12-24/h5-17,26H,3-4,18-20H2,1-2H3,(H,31,35)/t26-/m1/s1. The van der Waals surface area contributed by atoms with Crippen LogP contribution in [-0.2, 0) is 26.2 Å². The minimum Gasteiger partial charge on any atom is -0.354 e. The highest BCUT2D eigenvalue weighted by Gasteiger charge is 2.33. The monoisotopic (exact) mass is 575 g/mol. The zero-order valence-corrected chi connectivity index (χ0v) is 23.6. The topological polar surface area (TPSA) is 86.8 Å². The number of halogens is 2. The number of benzene rings is 3. The maximum absolute atomic E-state index is 13.9. The van der Waals surface area contributed by atoms with Crippen LogP contribution in [0.15, 0.2) is 83.8 Å². The quantitative estimate of drug-likeness (QED) is 0.308. The van der Waals surface area contributed by atoms with Crippen molar-refractivity contribution in [1.82, 2.24) is 10.2 Å². The molecule has 0 heterocycles. The predicted molar refractivity (Wildman–Crippen MR) is 152 cm³/mol. The summed E-state index contributed by atoms with van der Waals surface area (Å²) in [6, 6.07) is 20.3. The lowest BCUT2D eigenvalue weighted by atomic mass is 10.1. The van der Waals surface area contributed by atoms with Gasteiger partial charge in [0.05, 0.1) is 10.6 Å². The lowest BCUT2D eigenvalue weighted by Gasteiger charge is -2.33. The number of carbonyl (C=O) groups excluding carboxylic acids is 2. The van der Waals surface area contributed by atoms with Crippen LogP contribution < -0.4 is 9.62 Å². The maximum atomic E-state index is 13.9. The molecule has 0 radical (unpaired) electrons. The Labute approximate surface area is 234 Å². The van der Waals surface area contributed by atoms with Crippen LogP contribution in [0.3, 0.4) is 0 Å². The summed E-state index contributed by atoms with van der Waals surface area (Å²) in [5.41, 5.74) is 0.918. The number of nitrogens with one attached hydrogen (secondary N) is 1. The summed E-state index contributed by atoms with van der Waals surface area (Å²) >= 11 is 12.4. The van der Waals surface area contributed by atoms with Gasteiger partial charge in [-0.25, -0.2) is 8.42 Å². The van der Waals surface area contributed by atoms with Crippen LogP contribution in [-0.4, -0.2) is 44.3 Å². The number of rotatable bonds is 12. The molecule has 7 nitrogen and oxygen atoms in total. The molecule has 0 fully saturated rings. The van der Waals surface area contributed by atoms with E-state index in [-0.39, 0.29) is 23.0 Å². The van der Waals surface area contributed by atoms with Crippen LogP contribution in [0.4, 0.5) is 5.69 Å². The van der Waals surface area contributed by atoms with Crippen molar-refractivity contribution >= 4 is 50.7 Å². The van der Waals surface area contributed by atoms with Crippen molar-refractivity contribution < 1.29 is 18.0 Å². The average Bonchev–Trinajstić information content (AvgIpc) is 2.92. The van der Waals surface area contributed by atoms with Crippen molar-refractivity contribution in [2.75, 3.05) is 17.4 Å². The molecule has 202 valence electrons. The molecule has 0 aliphatic carbocycles. The highest BCUT2D eigenvalue weighted by Crippen LogP contribution is 2.26. The fourth-order valence-corrected chi connectivity index (χ4v) is 5.71. The van der Waals surface area contributed by atoms with Gasteiger partial charge in [0.1, 0.15) is 12.6 Å². The predicted octanol–water partition coefficient (Wildman–Crippen LogP) is 5.52. The van der Waals surface area contributed by atoms with E-state index in [4.69, 9.17) is 23.2 Å². The van der Waals surface area contributed by atoms with Gasteiger partial charge in [0, 0.05) is 23.1 Å². The van der Waals surface area contributed by atoms with Gasteiger partial charge in [0.15, 0.2) is 0 Å². The smallest absolute Gasteiger partial charge is 0.264 e. The second kappa shape index (κ2) is 13.6. The van der Waals surface area contributed by atoms with Crippen molar-refractivity contribution in [3.63, 3.8) is 0 Å². The third kappa shape index (κ3) is 7.28. The van der Waals surface area contributed by atoms with Crippen LogP contribution >= 0.6 is 23.2 Å². The van der Waals surface area contributed by atoms with E-state index in [0.29, 0.717) is 28.6 Å². The molecule has 3 aromatic carbocycles. The maximum Gasteiger partial charge on any atom is 0.264 e. The Balaban J connectivity index is 2.04. The van der Waals surface area contributed by atoms with Crippen LogP contribution in [0.5, 0.6) is 0 Å². The van der Waals surface area contributed by atoms with Crippen molar-refractivity contribution in [3.8, 4) is 0 Å². The average molecular weight is 577 g/mol. The Morgan fingerprint density at radius 3 is 2.13 bits per heavy atom. The molecular weight excluding hydrogens is 545 g/mol. The Morgan fingerprint density at radius 2 is 1.53 bits per heavy atom. The van der Waals surface area contributed by atoms with Gasteiger partial charge in [-0.15, -0.1) is 0 Å². The van der Waals surface area contributed by atoms with Crippen molar-refractivity contribution in [2.24, 2.45) is 0 Å². The minimum absolute atomic E-state index is 0.0353. The molecule has 0 aromatic heterocycles. The molecule has 1 atom stereocenters. The Kier molecular flexibility index (Phi) is 10.6. The molecule has 0 saturated carbocycles. The third-order valence-electron chi connectivity index (χ3n) is 5.96. The first kappa shape index (κ1) is 29.5. The second-order valence-corrected chi connectivity index (χ2v) is 11.3. The Morgan fingerprint density at radius 1 is 0.895 bits per heavy atom. The van der Waals surface area contributed by atoms with E-state index in [9.17, 15) is 18.0 Å². The summed E-state index contributed by atoms with van der Waals surface area (Å²) in [7, 11) is -4.13. The molecule has 0 unspecified atom stereocenters. The molecule has 3 rings (SSSR count). The molecule has 0 spiro atoms. The summed E-state index contributed by atoms with van der Waals surface area (Å²) in [5.74, 6) is -0.850. The van der Waals surface area contributed by atoms with Gasteiger partial charge in [0.2, 0.25) is 11.8 Å². The van der Waals surface area contributed by atoms with E-state index in [2.05, 4.69) is 5.32 Å². The Hall–Kier alpha value is -3.07. The van der Waals surface area contributed by atoms with Gasteiger partial charge in [-0.3, -0.25) is 13.9 Å². The molecule has 38 heavy (non-hydrogen) atoms. The van der Waals surface area contributed by atoms with Gasteiger partial charge in [-0.1, -0.05) is 73.4 Å². The summed E-state index contributed by atoms with van der Waals surface area (Å²) in [6.07, 6.45) is 1.07. The molecule has 0 bridgehead atoms. The van der Waals surface area contributed by atoms with Gasteiger partial charge in [-0.2, -0.15) is 0 Å². The van der Waals surface area contributed by atoms with E-state index < -0.39 is 28.5 Å². The molecule has 0 aliphatic heterocycles. The van der Waals surface area contributed by atoms with Crippen LogP contribution in [0, 0.1) is 0 Å². The minimum atomic E-state index is -4.13. The normalized spacial score (nSPS) is 12.0. The zero-order valence-electron chi connectivity index (χ0n) is 21.3. The largest absolute Gasteiger partial charge is 0.354 e. The van der Waals surface area contributed by atoms with Gasteiger partial charge in [-0.05, 0) is 60.9 Å². The lowest BCUT2D eigenvalue weighted by molar-refractivity contribution is -0.140. The highest BCUT2D eigenvalue weighted by molar-refractivity contribution is 7.92. The number of carbonyl (C=O) groups is 2. The molecule has 1 N–H and O–H groups in total. The van der Waals surface area contributed by atoms with Gasteiger partial charge >= 0.3 is 0 Å². The third-order valence-corrected chi connectivity index (χ3v) is 8.37. The van der Waals surface area contributed by atoms with E-state index >= 15 is 0 Å². The van der Waals surface area contributed by atoms with Gasteiger partial charge in [0.25, 0.3) is 10.0 Å². The zero-order chi connectivity index (χ0) is 27.7. The van der Waals surface area contributed by atoms with E-state index in [0.717, 1.165) is 10.7 Å². The number of sulfonamides is 1. The number of hydrogen-bond donors (Lipinski definition) is 1. The van der Waals surface area contributed by atoms with E-state index in [1.807, 2.05) is 6.92 Å². The van der Waals surface area contributed by atoms with Gasteiger partial charge < -0.3 is 10.2 Å². The first-order valence-electron chi connectivity index (χ1n) is 12.3. The number of nitrogens with zero attached hydrogens (tertiary/aromatic N) is 2. The number of amides is 2. The van der Waals surface area contributed by atoms with Crippen molar-refractivity contribution in [3.05, 3.63) is 94.5 Å². The summed E-state index contributed by atoms with van der Waals surface area (Å²) in [6.45, 7) is 3.72. The summed E-state index contributed by atoms with van der Waals surface area (Å²) in [4.78, 5) is 28.5. The fourth-order valence-electron chi connectivity index (χ4n) is 3.95. The molecule has 3 aromatic rings. The van der Waals surface area contributed by atoms with Crippen LogP contribution in [0.1, 0.15) is 32.3 Å². The van der Waals surface area contributed by atoms with E-state index in [1.165, 1.54) is 17.0 Å². The summed E-state index contributed by atoms with van der Waals surface area (Å²) < 4.78 is 28.5. The highest BCUT2D eigenvalue weighted by atomic mass is 35.5. The SMILES string of the molecule is CCCNC(=O)[C@@H](CC)N(Cc1ccccc1Cl)C(=O)CN(c1ccc(Cl)cc1)S(=O)(=O)c1ccccc1. The molecule has 2 amide bonds. The first-order chi connectivity index (χ1) is 18.2. The second-order valence-electron chi connectivity index (χ2n) is 8.63. The number of anilines is 1. The molecular formula is C28H31Cl2N3O4S. The van der Waals surface area contributed by atoms with Crippen LogP contribution in [0.25, 0.3) is 0 Å². The molecule has 0 aliphatic rings. The Bertz CT molecular complexity index is 1340. The molecule has 10 heteroatoms.